The Morgan fingerprint density at radius 1 is 1.35 bits per heavy atom. The van der Waals surface area contributed by atoms with Crippen molar-refractivity contribution in [3.05, 3.63) is 0 Å². The van der Waals surface area contributed by atoms with Crippen LogP contribution < -0.4 is 5.32 Å². The molecule has 1 amide bonds. The van der Waals surface area contributed by atoms with Gasteiger partial charge in [0.25, 0.3) is 0 Å². The Morgan fingerprint density at radius 3 is 2.71 bits per heavy atom. The second-order valence-electron chi connectivity index (χ2n) is 5.84. The van der Waals surface area contributed by atoms with Crippen molar-refractivity contribution in [3.63, 3.8) is 0 Å². The Kier molecular flexibility index (Phi) is 4.08. The molecule has 0 bridgehead atoms. The van der Waals surface area contributed by atoms with E-state index in [9.17, 15) is 4.79 Å². The van der Waals surface area contributed by atoms with Gasteiger partial charge in [0.15, 0.2) is 0 Å². The predicted molar refractivity (Wildman–Crippen MR) is 69.9 cm³/mol. The van der Waals surface area contributed by atoms with Crippen molar-refractivity contribution in [1.82, 2.24) is 10.2 Å². The summed E-state index contributed by atoms with van der Waals surface area (Å²) in [6, 6.07) is 0.0914. The predicted octanol–water partition coefficient (Wildman–Crippen LogP) is 2.31. The molecule has 0 aromatic heterocycles. The lowest BCUT2D eigenvalue weighted by atomic mass is 9.82. The third kappa shape index (κ3) is 2.65. The molecule has 2 fully saturated rings. The molecule has 1 saturated heterocycles. The van der Waals surface area contributed by atoms with Crippen LogP contribution in [0.1, 0.15) is 58.8 Å². The van der Waals surface area contributed by atoms with Crippen LogP contribution in [-0.4, -0.2) is 35.5 Å². The average Bonchev–Trinajstić information content (AvgIpc) is 2.70. The largest absolute Gasteiger partial charge is 0.336 e. The number of carbonyl (C=O) groups excluding carboxylic acids is 1. The van der Waals surface area contributed by atoms with Crippen LogP contribution in [0.2, 0.25) is 0 Å². The summed E-state index contributed by atoms with van der Waals surface area (Å²) in [5.41, 5.74) is 0.151. The number of carbonyl (C=O) groups is 1. The summed E-state index contributed by atoms with van der Waals surface area (Å²) in [5, 5.41) is 3.38. The third-order valence-electron chi connectivity index (χ3n) is 4.43. The van der Waals surface area contributed by atoms with Crippen LogP contribution in [0.4, 0.5) is 0 Å². The molecular formula is C14H26N2O. The monoisotopic (exact) mass is 238 g/mol. The number of nitrogens with zero attached hydrogens (tertiary/aromatic N) is 1. The van der Waals surface area contributed by atoms with Gasteiger partial charge in [0.05, 0.1) is 6.04 Å². The Bertz CT molecular complexity index is 271. The maximum atomic E-state index is 12.4. The molecule has 1 N–H and O–H groups in total. The van der Waals surface area contributed by atoms with Gasteiger partial charge in [-0.3, -0.25) is 4.79 Å². The molecule has 2 aliphatic rings. The average molecular weight is 238 g/mol. The normalized spacial score (nSPS) is 28.7. The van der Waals surface area contributed by atoms with Crippen molar-refractivity contribution in [2.45, 2.75) is 70.4 Å². The molecule has 1 saturated carbocycles. The minimum Gasteiger partial charge on any atom is -0.336 e. The fourth-order valence-corrected chi connectivity index (χ4v) is 3.31. The molecule has 3 nitrogen and oxygen atoms in total. The van der Waals surface area contributed by atoms with Crippen molar-refractivity contribution >= 4 is 5.91 Å². The number of nitrogens with one attached hydrogen (secondary N) is 1. The zero-order valence-electron chi connectivity index (χ0n) is 11.3. The minimum absolute atomic E-state index is 0.0914. The Morgan fingerprint density at radius 2 is 2.06 bits per heavy atom. The summed E-state index contributed by atoms with van der Waals surface area (Å²) in [6.45, 7) is 6.34. The number of likely N-dealkylation sites (tertiary alicyclic amines) is 1. The van der Waals surface area contributed by atoms with E-state index in [0.717, 1.165) is 25.9 Å². The van der Waals surface area contributed by atoms with E-state index in [2.05, 4.69) is 24.1 Å². The van der Waals surface area contributed by atoms with E-state index >= 15 is 0 Å². The second kappa shape index (κ2) is 5.38. The number of hydrogen-bond donors (Lipinski definition) is 1. The molecular weight excluding hydrogens is 212 g/mol. The molecule has 1 heterocycles. The lowest BCUT2D eigenvalue weighted by Gasteiger charge is -2.42. The summed E-state index contributed by atoms with van der Waals surface area (Å²) in [5.74, 6) is 0.350. The number of hydrogen-bond acceptors (Lipinski definition) is 2. The summed E-state index contributed by atoms with van der Waals surface area (Å²) < 4.78 is 0. The van der Waals surface area contributed by atoms with Gasteiger partial charge in [-0.2, -0.15) is 0 Å². The first-order valence-electron chi connectivity index (χ1n) is 7.22. The summed E-state index contributed by atoms with van der Waals surface area (Å²) in [6.07, 6.45) is 8.39. The topological polar surface area (TPSA) is 32.3 Å². The molecule has 3 heteroatoms. The third-order valence-corrected chi connectivity index (χ3v) is 4.43. The van der Waals surface area contributed by atoms with Gasteiger partial charge < -0.3 is 10.2 Å². The highest BCUT2D eigenvalue weighted by Gasteiger charge is 2.42. The number of amides is 1. The van der Waals surface area contributed by atoms with E-state index in [0.29, 0.717) is 5.91 Å². The molecule has 1 aliphatic carbocycles. The van der Waals surface area contributed by atoms with Gasteiger partial charge in [0.1, 0.15) is 0 Å². The summed E-state index contributed by atoms with van der Waals surface area (Å²) in [7, 11) is 0. The first-order valence-corrected chi connectivity index (χ1v) is 7.22. The molecule has 2 rings (SSSR count). The Balaban J connectivity index is 1.96. The van der Waals surface area contributed by atoms with Gasteiger partial charge in [-0.05, 0) is 39.2 Å². The van der Waals surface area contributed by atoms with Crippen LogP contribution in [0.25, 0.3) is 0 Å². The van der Waals surface area contributed by atoms with E-state index in [4.69, 9.17) is 0 Å². The highest BCUT2D eigenvalue weighted by Crippen LogP contribution is 2.35. The molecule has 17 heavy (non-hydrogen) atoms. The van der Waals surface area contributed by atoms with Crippen LogP contribution in [0.5, 0.6) is 0 Å². The van der Waals surface area contributed by atoms with Crippen molar-refractivity contribution in [1.29, 1.82) is 0 Å². The molecule has 0 aromatic rings. The zero-order valence-corrected chi connectivity index (χ0v) is 11.3. The SMILES string of the molecule is CCCNC1CCN(C2(C)CCCCC2)C1=O. The van der Waals surface area contributed by atoms with Crippen LogP contribution in [-0.2, 0) is 4.79 Å². The van der Waals surface area contributed by atoms with Crippen LogP contribution in [0.3, 0.4) is 0 Å². The van der Waals surface area contributed by atoms with Crippen molar-refractivity contribution in [2.24, 2.45) is 0 Å². The van der Waals surface area contributed by atoms with Gasteiger partial charge >= 0.3 is 0 Å². The maximum Gasteiger partial charge on any atom is 0.240 e. The van der Waals surface area contributed by atoms with E-state index in [1.807, 2.05) is 0 Å². The highest BCUT2D eigenvalue weighted by molar-refractivity contribution is 5.84. The second-order valence-corrected chi connectivity index (χ2v) is 5.84. The van der Waals surface area contributed by atoms with Gasteiger partial charge in [-0.15, -0.1) is 0 Å². The van der Waals surface area contributed by atoms with Crippen LogP contribution >= 0.6 is 0 Å². The Hall–Kier alpha value is -0.570. The first-order chi connectivity index (χ1) is 8.17. The van der Waals surface area contributed by atoms with Gasteiger partial charge in [0, 0.05) is 12.1 Å². The molecule has 0 spiro atoms. The quantitative estimate of drug-likeness (QED) is 0.815. The van der Waals surface area contributed by atoms with Crippen molar-refractivity contribution in [2.75, 3.05) is 13.1 Å². The maximum absolute atomic E-state index is 12.4. The first kappa shape index (κ1) is 12.9. The lowest BCUT2D eigenvalue weighted by Crippen LogP contribution is -2.51. The number of rotatable bonds is 4. The Labute approximate surface area is 105 Å². The minimum atomic E-state index is 0.0914. The van der Waals surface area contributed by atoms with Crippen molar-refractivity contribution < 1.29 is 4.79 Å². The van der Waals surface area contributed by atoms with E-state index in [1.54, 1.807) is 0 Å². The van der Waals surface area contributed by atoms with E-state index in [-0.39, 0.29) is 11.6 Å². The lowest BCUT2D eigenvalue weighted by molar-refractivity contribution is -0.135. The van der Waals surface area contributed by atoms with Crippen molar-refractivity contribution in [3.8, 4) is 0 Å². The summed E-state index contributed by atoms with van der Waals surface area (Å²) in [4.78, 5) is 14.5. The van der Waals surface area contributed by atoms with Crippen LogP contribution in [0, 0.1) is 0 Å². The summed E-state index contributed by atoms with van der Waals surface area (Å²) >= 11 is 0. The molecule has 0 aromatic carbocycles. The smallest absolute Gasteiger partial charge is 0.240 e. The molecule has 98 valence electrons. The molecule has 1 unspecified atom stereocenters. The van der Waals surface area contributed by atoms with Gasteiger partial charge in [0.2, 0.25) is 5.91 Å². The fraction of sp³-hybridized carbons (Fsp3) is 0.929. The van der Waals surface area contributed by atoms with Gasteiger partial charge in [-0.1, -0.05) is 26.2 Å². The van der Waals surface area contributed by atoms with Crippen LogP contribution in [0.15, 0.2) is 0 Å². The molecule has 0 radical (unpaired) electrons. The van der Waals surface area contributed by atoms with E-state index < -0.39 is 0 Å². The molecule has 1 atom stereocenters. The highest BCUT2D eigenvalue weighted by atomic mass is 16.2. The molecule has 1 aliphatic heterocycles. The van der Waals surface area contributed by atoms with Gasteiger partial charge in [-0.25, -0.2) is 0 Å². The van der Waals surface area contributed by atoms with E-state index in [1.165, 1.54) is 32.1 Å². The fourth-order valence-electron chi connectivity index (χ4n) is 3.31. The zero-order chi connectivity index (χ0) is 12.3. The standard InChI is InChI=1S/C14H26N2O/c1-3-10-15-12-7-11-16(13(12)17)14(2)8-5-4-6-9-14/h12,15H,3-11H2,1-2H3.